The zero-order chi connectivity index (χ0) is 21.2. The molecule has 0 bridgehead atoms. The number of aryl methyl sites for hydroxylation is 1. The van der Waals surface area contributed by atoms with Gasteiger partial charge in [-0.15, -0.1) is 16.9 Å². The quantitative estimate of drug-likeness (QED) is 0.392. The van der Waals surface area contributed by atoms with E-state index in [0.717, 1.165) is 30.0 Å². The molecule has 0 atom stereocenters. The van der Waals surface area contributed by atoms with Crippen molar-refractivity contribution in [3.8, 4) is 11.4 Å². The van der Waals surface area contributed by atoms with E-state index in [2.05, 4.69) is 20.5 Å². The van der Waals surface area contributed by atoms with Crippen molar-refractivity contribution in [1.29, 1.82) is 0 Å². The van der Waals surface area contributed by atoms with Crippen LogP contribution in [0.25, 0.3) is 11.4 Å². The van der Waals surface area contributed by atoms with Crippen molar-refractivity contribution in [3.05, 3.63) is 52.7 Å². The number of pyridine rings is 1. The normalized spacial score (nSPS) is 12.4. The van der Waals surface area contributed by atoms with Crippen LogP contribution in [0.3, 0.4) is 0 Å². The lowest BCUT2D eigenvalue weighted by molar-refractivity contribution is -0.138. The van der Waals surface area contributed by atoms with Crippen molar-refractivity contribution in [3.63, 3.8) is 0 Å². The van der Waals surface area contributed by atoms with Gasteiger partial charge in [0.25, 0.3) is 0 Å². The first-order chi connectivity index (χ1) is 13.6. The van der Waals surface area contributed by atoms with Gasteiger partial charge in [-0.3, -0.25) is 0 Å². The lowest BCUT2D eigenvalue weighted by atomic mass is 10.1. The van der Waals surface area contributed by atoms with Crippen LogP contribution in [0, 0.1) is 0 Å². The van der Waals surface area contributed by atoms with Gasteiger partial charge in [-0.05, 0) is 28.6 Å². The molecular weight excluding hydrogens is 444 g/mol. The van der Waals surface area contributed by atoms with Gasteiger partial charge in [-0.2, -0.15) is 26.3 Å². The van der Waals surface area contributed by atoms with Crippen molar-refractivity contribution in [2.45, 2.75) is 23.9 Å². The van der Waals surface area contributed by atoms with E-state index < -0.39 is 23.5 Å². The number of halogens is 7. The molecule has 0 N–H and O–H groups in total. The fourth-order valence-electron chi connectivity index (χ4n) is 2.31. The average molecular weight is 454 g/mol. The minimum absolute atomic E-state index is 0.128. The van der Waals surface area contributed by atoms with E-state index in [0.29, 0.717) is 6.20 Å². The topological polar surface area (TPSA) is 56.5 Å². The van der Waals surface area contributed by atoms with Gasteiger partial charge in [0, 0.05) is 17.5 Å². The van der Waals surface area contributed by atoms with Crippen LogP contribution in [0.15, 0.2) is 41.6 Å². The van der Waals surface area contributed by atoms with Gasteiger partial charge in [0.1, 0.15) is 5.03 Å². The summed E-state index contributed by atoms with van der Waals surface area (Å²) >= 11 is 6.92. The molecule has 0 unspecified atom stereocenters. The molecule has 0 spiro atoms. The van der Waals surface area contributed by atoms with Gasteiger partial charge >= 0.3 is 12.4 Å². The molecule has 13 heteroatoms. The first-order valence-corrected chi connectivity index (χ1v) is 9.21. The minimum Gasteiger partial charge on any atom is -0.248 e. The summed E-state index contributed by atoms with van der Waals surface area (Å²) in [5.74, 6) is 0.401. The third kappa shape index (κ3) is 5.18. The molecule has 3 rings (SSSR count). The Morgan fingerprint density at radius 1 is 1.00 bits per heavy atom. The molecule has 0 amide bonds. The van der Waals surface area contributed by atoms with E-state index in [1.165, 1.54) is 16.8 Å². The molecule has 0 aliphatic heterocycles. The van der Waals surface area contributed by atoms with Crippen LogP contribution in [-0.2, 0) is 18.9 Å². The number of benzene rings is 1. The van der Waals surface area contributed by atoms with Gasteiger partial charge in [0.05, 0.1) is 22.7 Å². The molecule has 0 aliphatic carbocycles. The second kappa shape index (κ2) is 8.19. The van der Waals surface area contributed by atoms with Crippen LogP contribution in [0.1, 0.15) is 11.1 Å². The van der Waals surface area contributed by atoms with E-state index in [1.54, 1.807) is 0 Å². The van der Waals surface area contributed by atoms with Gasteiger partial charge in [-0.1, -0.05) is 23.7 Å². The largest absolute Gasteiger partial charge is 0.417 e. The molecule has 1 aromatic carbocycles. The van der Waals surface area contributed by atoms with E-state index in [9.17, 15) is 26.3 Å². The fraction of sp³-hybridized carbons (Fsp3) is 0.250. The van der Waals surface area contributed by atoms with Gasteiger partial charge in [0.15, 0.2) is 5.82 Å². The number of hydrogen-bond donors (Lipinski definition) is 0. The number of aromatic nitrogens is 5. The second-order valence-corrected chi connectivity index (χ2v) is 7.15. The van der Waals surface area contributed by atoms with Crippen LogP contribution in [0.4, 0.5) is 26.3 Å². The molecule has 154 valence electrons. The Balaban J connectivity index is 1.71. The minimum atomic E-state index is -4.55. The molecule has 2 aromatic heterocycles. The van der Waals surface area contributed by atoms with E-state index >= 15 is 0 Å². The molecule has 29 heavy (non-hydrogen) atoms. The molecule has 0 saturated heterocycles. The maximum absolute atomic E-state index is 12.9. The highest BCUT2D eigenvalue weighted by Gasteiger charge is 2.32. The predicted octanol–water partition coefficient (Wildman–Crippen LogP) is 5.22. The smallest absolute Gasteiger partial charge is 0.248 e. The summed E-state index contributed by atoms with van der Waals surface area (Å²) in [4.78, 5) is 3.71. The predicted molar refractivity (Wildman–Crippen MR) is 93.2 cm³/mol. The molecule has 0 fully saturated rings. The van der Waals surface area contributed by atoms with E-state index in [-0.39, 0.29) is 33.7 Å². The monoisotopic (exact) mass is 453 g/mol. The molecule has 2 heterocycles. The lowest BCUT2D eigenvalue weighted by Crippen LogP contribution is -2.08. The van der Waals surface area contributed by atoms with Gasteiger partial charge < -0.3 is 0 Å². The van der Waals surface area contributed by atoms with Crippen LogP contribution < -0.4 is 0 Å². The highest BCUT2D eigenvalue weighted by molar-refractivity contribution is 7.99. The Kier molecular flexibility index (Phi) is 6.03. The summed E-state index contributed by atoms with van der Waals surface area (Å²) in [6.45, 7) is 0.169. The van der Waals surface area contributed by atoms with Gasteiger partial charge in [-0.25, -0.2) is 9.67 Å². The van der Waals surface area contributed by atoms with E-state index in [4.69, 9.17) is 11.6 Å². The summed E-state index contributed by atoms with van der Waals surface area (Å²) in [6, 6.07) is 5.34. The van der Waals surface area contributed by atoms with Crippen LogP contribution >= 0.6 is 23.4 Å². The molecule has 0 radical (unpaired) electrons. The summed E-state index contributed by atoms with van der Waals surface area (Å²) in [7, 11) is 0. The number of thioether (sulfide) groups is 1. The highest BCUT2D eigenvalue weighted by Crippen LogP contribution is 2.34. The molecule has 5 nitrogen and oxygen atoms in total. The first kappa shape index (κ1) is 21.4. The molecule has 3 aromatic rings. The average Bonchev–Trinajstić information content (AvgIpc) is 3.10. The Morgan fingerprint density at radius 2 is 1.72 bits per heavy atom. The number of tetrazole rings is 1. The van der Waals surface area contributed by atoms with Crippen LogP contribution in [0.5, 0.6) is 0 Å². The standard InChI is InChI=1S/C16H10ClF6N5S/c17-12-7-11(16(21,22)23)8-24-14(12)29-5-4-28-13(25-26-27-28)9-2-1-3-10(6-9)15(18,19)20/h1-3,6-8H,4-5H2. The maximum atomic E-state index is 12.9. The molecule has 0 aliphatic rings. The zero-order valence-electron chi connectivity index (χ0n) is 14.2. The molecule has 0 saturated carbocycles. The SMILES string of the molecule is FC(F)(F)c1cccc(-c2nnnn2CCSc2ncc(C(F)(F)F)cc2Cl)c1. The highest BCUT2D eigenvalue weighted by atomic mass is 35.5. The number of hydrogen-bond acceptors (Lipinski definition) is 5. The second-order valence-electron chi connectivity index (χ2n) is 5.66. The summed E-state index contributed by atoms with van der Waals surface area (Å²) < 4.78 is 77.9. The van der Waals surface area contributed by atoms with Crippen LogP contribution in [-0.4, -0.2) is 30.9 Å². The van der Waals surface area contributed by atoms with Crippen molar-refractivity contribution in [1.82, 2.24) is 25.2 Å². The van der Waals surface area contributed by atoms with Gasteiger partial charge in [0.2, 0.25) is 0 Å². The third-order valence-electron chi connectivity index (χ3n) is 3.66. The fourth-order valence-corrected chi connectivity index (χ4v) is 3.42. The Morgan fingerprint density at radius 3 is 2.38 bits per heavy atom. The summed E-state index contributed by atoms with van der Waals surface area (Å²) in [6.07, 6.45) is -8.37. The Labute approximate surface area is 169 Å². The lowest BCUT2D eigenvalue weighted by Gasteiger charge is -2.10. The van der Waals surface area contributed by atoms with Crippen LogP contribution in [0.2, 0.25) is 5.02 Å². The van der Waals surface area contributed by atoms with Crippen molar-refractivity contribution >= 4 is 23.4 Å². The Bertz CT molecular complexity index is 1000. The molecular formula is C16H10ClF6N5S. The van der Waals surface area contributed by atoms with Crippen molar-refractivity contribution in [2.75, 3.05) is 5.75 Å². The van der Waals surface area contributed by atoms with Crippen molar-refractivity contribution < 1.29 is 26.3 Å². The Hall–Kier alpha value is -2.34. The van der Waals surface area contributed by atoms with E-state index in [1.807, 2.05) is 0 Å². The summed E-state index contributed by atoms with van der Waals surface area (Å²) in [5, 5.41) is 11.0. The number of nitrogens with zero attached hydrogens (tertiary/aromatic N) is 5. The van der Waals surface area contributed by atoms with Crippen molar-refractivity contribution in [2.24, 2.45) is 0 Å². The number of rotatable bonds is 5. The zero-order valence-corrected chi connectivity index (χ0v) is 15.7. The maximum Gasteiger partial charge on any atom is 0.417 e. The first-order valence-electron chi connectivity index (χ1n) is 7.85. The summed E-state index contributed by atoms with van der Waals surface area (Å²) in [5.41, 5.74) is -1.61. The number of alkyl halides is 6. The third-order valence-corrected chi connectivity index (χ3v) is 5.04.